The Labute approximate surface area is 91.8 Å². The number of rotatable bonds is 3. The summed E-state index contributed by atoms with van der Waals surface area (Å²) >= 11 is 0. The highest BCUT2D eigenvalue weighted by atomic mass is 32.2. The van der Waals surface area contributed by atoms with Crippen molar-refractivity contribution in [3.05, 3.63) is 36.7 Å². The van der Waals surface area contributed by atoms with Gasteiger partial charge in [0.1, 0.15) is 6.26 Å². The van der Waals surface area contributed by atoms with Crippen LogP contribution < -0.4 is 4.72 Å². The molecule has 0 aliphatic carbocycles. The summed E-state index contributed by atoms with van der Waals surface area (Å²) in [5, 5.41) is 3.55. The summed E-state index contributed by atoms with van der Waals surface area (Å²) in [5.41, 5.74) is 1.91. The van der Waals surface area contributed by atoms with Gasteiger partial charge in [0.05, 0.1) is 11.9 Å². The maximum Gasteiger partial charge on any atom is 0.357 e. The molecule has 0 aliphatic heterocycles. The van der Waals surface area contributed by atoms with E-state index in [-0.39, 0.29) is 5.69 Å². The van der Waals surface area contributed by atoms with Gasteiger partial charge in [0.25, 0.3) is 0 Å². The van der Waals surface area contributed by atoms with E-state index in [2.05, 4.69) is 9.68 Å². The molecule has 16 heavy (non-hydrogen) atoms. The van der Waals surface area contributed by atoms with E-state index in [0.29, 0.717) is 0 Å². The summed E-state index contributed by atoms with van der Waals surface area (Å²) in [6.45, 7) is 0. The normalized spacial score (nSPS) is 11.3. The van der Waals surface area contributed by atoms with Crippen LogP contribution in [0.1, 0.15) is 0 Å². The van der Waals surface area contributed by atoms with E-state index in [1.807, 2.05) is 4.72 Å². The Bertz CT molecular complexity index is 560. The zero-order chi connectivity index (χ0) is 11.6. The summed E-state index contributed by atoms with van der Waals surface area (Å²) in [6.07, 6.45) is 3.02. The van der Waals surface area contributed by atoms with E-state index in [0.717, 1.165) is 11.1 Å². The monoisotopic (exact) mass is 240 g/mol. The zero-order valence-corrected chi connectivity index (χ0v) is 8.81. The number of nitrogens with one attached hydrogen (secondary N) is 1. The minimum absolute atomic E-state index is 0.280. The lowest BCUT2D eigenvalue weighted by molar-refractivity contribution is 0.420. The topological polar surface area (TPSA) is 92.4 Å². The van der Waals surface area contributed by atoms with Gasteiger partial charge in [-0.25, -0.2) is 0 Å². The highest BCUT2D eigenvalue weighted by molar-refractivity contribution is 7.87. The van der Waals surface area contributed by atoms with Crippen LogP contribution in [0.3, 0.4) is 0 Å². The van der Waals surface area contributed by atoms with Crippen molar-refractivity contribution in [1.29, 1.82) is 0 Å². The molecule has 2 aromatic rings. The maximum atomic E-state index is 10.5. The molecule has 0 aliphatic rings. The first kappa shape index (κ1) is 10.7. The number of nitrogens with zero attached hydrogens (tertiary/aromatic N) is 1. The lowest BCUT2D eigenvalue weighted by Gasteiger charge is -2.02. The van der Waals surface area contributed by atoms with Gasteiger partial charge in [-0.2, -0.15) is 8.42 Å². The van der Waals surface area contributed by atoms with Crippen molar-refractivity contribution in [2.75, 3.05) is 4.72 Å². The molecule has 6 nitrogen and oxygen atoms in total. The van der Waals surface area contributed by atoms with Gasteiger partial charge in [-0.3, -0.25) is 9.27 Å². The molecule has 0 radical (unpaired) electrons. The molecule has 1 heterocycles. The fourth-order valence-corrected chi connectivity index (χ4v) is 1.66. The zero-order valence-electron chi connectivity index (χ0n) is 7.99. The van der Waals surface area contributed by atoms with Crippen molar-refractivity contribution in [1.82, 2.24) is 5.16 Å². The van der Waals surface area contributed by atoms with E-state index in [1.165, 1.54) is 18.4 Å². The van der Waals surface area contributed by atoms with Crippen LogP contribution in [-0.4, -0.2) is 18.1 Å². The summed E-state index contributed by atoms with van der Waals surface area (Å²) in [6, 6.07) is 6.41. The second-order valence-electron chi connectivity index (χ2n) is 3.07. The summed E-state index contributed by atoms with van der Waals surface area (Å²) in [5.74, 6) is 0. The first-order chi connectivity index (χ1) is 7.54. The van der Waals surface area contributed by atoms with E-state index in [4.69, 9.17) is 4.55 Å². The molecule has 0 bridgehead atoms. The second-order valence-corrected chi connectivity index (χ2v) is 4.22. The van der Waals surface area contributed by atoms with E-state index < -0.39 is 10.3 Å². The molecule has 2 rings (SSSR count). The molecule has 0 unspecified atom stereocenters. The van der Waals surface area contributed by atoms with E-state index in [9.17, 15) is 8.42 Å². The Kier molecular flexibility index (Phi) is 2.63. The summed E-state index contributed by atoms with van der Waals surface area (Å²) in [4.78, 5) is 0. The van der Waals surface area contributed by atoms with Crippen LogP contribution in [0.25, 0.3) is 11.1 Å². The average Bonchev–Trinajstić information content (AvgIpc) is 2.69. The lowest BCUT2D eigenvalue weighted by atomic mass is 10.1. The summed E-state index contributed by atoms with van der Waals surface area (Å²) < 4.78 is 36.2. The fraction of sp³-hybridized carbons (Fsp3) is 0. The number of hydrogen-bond acceptors (Lipinski definition) is 4. The van der Waals surface area contributed by atoms with Crippen molar-refractivity contribution >= 4 is 16.0 Å². The fourth-order valence-electron chi connectivity index (χ4n) is 1.23. The van der Waals surface area contributed by atoms with Crippen molar-refractivity contribution < 1.29 is 17.5 Å². The van der Waals surface area contributed by atoms with Gasteiger partial charge >= 0.3 is 10.3 Å². The van der Waals surface area contributed by atoms with Gasteiger partial charge in [-0.15, -0.1) is 0 Å². The van der Waals surface area contributed by atoms with Crippen LogP contribution in [0.4, 0.5) is 5.69 Å². The highest BCUT2D eigenvalue weighted by Crippen LogP contribution is 2.20. The molecule has 7 heteroatoms. The van der Waals surface area contributed by atoms with Gasteiger partial charge in [-0.1, -0.05) is 17.3 Å². The molecule has 0 fully saturated rings. The lowest BCUT2D eigenvalue weighted by Crippen LogP contribution is -2.09. The number of hydrogen-bond donors (Lipinski definition) is 2. The number of aromatic nitrogens is 1. The van der Waals surface area contributed by atoms with Crippen molar-refractivity contribution in [3.8, 4) is 11.1 Å². The molecule has 2 N–H and O–H groups in total. The van der Waals surface area contributed by atoms with Gasteiger partial charge in [0.15, 0.2) is 0 Å². The quantitative estimate of drug-likeness (QED) is 0.794. The third-order valence-electron chi connectivity index (χ3n) is 1.90. The molecular formula is C9H8N2O4S. The molecule has 0 spiro atoms. The summed E-state index contributed by atoms with van der Waals surface area (Å²) in [7, 11) is -4.22. The second kappa shape index (κ2) is 3.95. The minimum atomic E-state index is -4.22. The average molecular weight is 240 g/mol. The van der Waals surface area contributed by atoms with Crippen molar-refractivity contribution in [3.63, 3.8) is 0 Å². The first-order valence-corrected chi connectivity index (χ1v) is 5.74. The van der Waals surface area contributed by atoms with Crippen LogP contribution in [0, 0.1) is 0 Å². The number of anilines is 1. The first-order valence-electron chi connectivity index (χ1n) is 4.30. The van der Waals surface area contributed by atoms with Crippen LogP contribution in [-0.2, 0) is 10.3 Å². The largest absolute Gasteiger partial charge is 0.364 e. The van der Waals surface area contributed by atoms with Crippen molar-refractivity contribution in [2.24, 2.45) is 0 Å². The smallest absolute Gasteiger partial charge is 0.357 e. The third kappa shape index (κ3) is 2.59. The molecule has 0 atom stereocenters. The van der Waals surface area contributed by atoms with E-state index >= 15 is 0 Å². The Morgan fingerprint density at radius 2 is 1.88 bits per heavy atom. The molecule has 1 aromatic carbocycles. The van der Waals surface area contributed by atoms with Crippen LogP contribution in [0.5, 0.6) is 0 Å². The van der Waals surface area contributed by atoms with Gasteiger partial charge in [-0.05, 0) is 17.7 Å². The van der Waals surface area contributed by atoms with Gasteiger partial charge in [0.2, 0.25) is 0 Å². The Morgan fingerprint density at radius 3 is 2.38 bits per heavy atom. The minimum Gasteiger partial charge on any atom is -0.364 e. The van der Waals surface area contributed by atoms with E-state index in [1.54, 1.807) is 18.3 Å². The molecule has 0 saturated heterocycles. The van der Waals surface area contributed by atoms with Crippen LogP contribution >= 0.6 is 0 Å². The van der Waals surface area contributed by atoms with Crippen LogP contribution in [0.15, 0.2) is 41.2 Å². The molecule has 1 aromatic heterocycles. The van der Waals surface area contributed by atoms with Crippen LogP contribution in [0.2, 0.25) is 0 Å². The Balaban J connectivity index is 2.24. The standard InChI is InChI=1S/C9H8N2O4S/c12-16(13,14)11-9-3-1-7(2-4-9)8-5-10-15-6-8/h1-6,11H,(H,12,13,14). The molecule has 0 saturated carbocycles. The molecule has 0 amide bonds. The third-order valence-corrected chi connectivity index (χ3v) is 2.39. The predicted molar refractivity (Wildman–Crippen MR) is 57.1 cm³/mol. The highest BCUT2D eigenvalue weighted by Gasteiger charge is 2.04. The number of benzene rings is 1. The van der Waals surface area contributed by atoms with Crippen molar-refractivity contribution in [2.45, 2.75) is 0 Å². The Hall–Kier alpha value is -1.86. The Morgan fingerprint density at radius 1 is 1.19 bits per heavy atom. The van der Waals surface area contributed by atoms with Gasteiger partial charge in [0, 0.05) is 5.56 Å². The molecular weight excluding hydrogens is 232 g/mol. The SMILES string of the molecule is O=S(=O)(O)Nc1ccc(-c2cnoc2)cc1. The maximum absolute atomic E-state index is 10.5. The van der Waals surface area contributed by atoms with Gasteiger partial charge < -0.3 is 4.52 Å². The predicted octanol–water partition coefficient (Wildman–Crippen LogP) is 1.56. The molecule has 84 valence electrons.